The minimum Gasteiger partial charge on any atom is -0.504 e. The van der Waals surface area contributed by atoms with Crippen LogP contribution in [0.2, 0.25) is 0 Å². The molecule has 1 aromatic rings. The van der Waals surface area contributed by atoms with Crippen molar-refractivity contribution in [1.29, 1.82) is 0 Å². The minimum absolute atomic E-state index is 0.271. The maximum atomic E-state index is 10.1. The summed E-state index contributed by atoms with van der Waals surface area (Å²) >= 11 is 0. The Labute approximate surface area is 109 Å². The van der Waals surface area contributed by atoms with Gasteiger partial charge in [0.25, 0.3) is 0 Å². The van der Waals surface area contributed by atoms with E-state index >= 15 is 0 Å². The maximum Gasteiger partial charge on any atom is 0.162 e. The molecular weight excluding hydrogens is 226 g/mol. The minimum atomic E-state index is 0.271. The van der Waals surface area contributed by atoms with Gasteiger partial charge in [-0.25, -0.2) is 0 Å². The SMILES string of the molecule is CCOc1cccc(CNC(C)C2CCC2)c1O. The quantitative estimate of drug-likeness (QED) is 0.814. The molecule has 0 radical (unpaired) electrons. The fraction of sp³-hybridized carbons (Fsp3) is 0.600. The van der Waals surface area contributed by atoms with Crippen LogP contribution in [0.3, 0.4) is 0 Å². The molecule has 100 valence electrons. The van der Waals surface area contributed by atoms with Crippen molar-refractivity contribution in [1.82, 2.24) is 5.32 Å². The highest BCUT2D eigenvalue weighted by Gasteiger charge is 2.23. The Kier molecular flexibility index (Phi) is 4.48. The van der Waals surface area contributed by atoms with Crippen LogP contribution in [0.1, 0.15) is 38.7 Å². The van der Waals surface area contributed by atoms with Gasteiger partial charge in [-0.2, -0.15) is 0 Å². The molecule has 18 heavy (non-hydrogen) atoms. The molecule has 1 fully saturated rings. The summed E-state index contributed by atoms with van der Waals surface area (Å²) in [5, 5.41) is 13.6. The highest BCUT2D eigenvalue weighted by molar-refractivity contribution is 5.45. The van der Waals surface area contributed by atoms with E-state index in [1.807, 2.05) is 19.1 Å². The number of para-hydroxylation sites is 1. The van der Waals surface area contributed by atoms with Crippen molar-refractivity contribution in [3.8, 4) is 11.5 Å². The largest absolute Gasteiger partial charge is 0.504 e. The van der Waals surface area contributed by atoms with Crippen molar-refractivity contribution in [2.45, 2.75) is 45.7 Å². The van der Waals surface area contributed by atoms with Gasteiger partial charge in [-0.15, -0.1) is 0 Å². The molecule has 1 saturated carbocycles. The van der Waals surface area contributed by atoms with Gasteiger partial charge < -0.3 is 15.2 Å². The van der Waals surface area contributed by atoms with Gasteiger partial charge in [-0.1, -0.05) is 18.6 Å². The first-order valence-corrected chi connectivity index (χ1v) is 6.89. The van der Waals surface area contributed by atoms with E-state index in [1.54, 1.807) is 6.07 Å². The van der Waals surface area contributed by atoms with Gasteiger partial charge in [-0.3, -0.25) is 0 Å². The van der Waals surface area contributed by atoms with Crippen LogP contribution in [0.4, 0.5) is 0 Å². The number of aromatic hydroxyl groups is 1. The number of rotatable bonds is 6. The Morgan fingerprint density at radius 2 is 2.22 bits per heavy atom. The highest BCUT2D eigenvalue weighted by atomic mass is 16.5. The molecule has 3 nitrogen and oxygen atoms in total. The third-order valence-corrected chi connectivity index (χ3v) is 3.85. The molecular formula is C15H23NO2. The number of hydrogen-bond donors (Lipinski definition) is 2. The number of phenolic OH excluding ortho intramolecular Hbond substituents is 1. The molecule has 2 rings (SSSR count). The Morgan fingerprint density at radius 1 is 1.44 bits per heavy atom. The lowest BCUT2D eigenvalue weighted by molar-refractivity contribution is 0.239. The van der Waals surface area contributed by atoms with Crippen LogP contribution in [0.15, 0.2) is 18.2 Å². The van der Waals surface area contributed by atoms with Crippen LogP contribution in [0.25, 0.3) is 0 Å². The van der Waals surface area contributed by atoms with E-state index in [1.165, 1.54) is 19.3 Å². The van der Waals surface area contributed by atoms with Crippen LogP contribution in [-0.2, 0) is 6.54 Å². The molecule has 1 atom stereocenters. The zero-order chi connectivity index (χ0) is 13.0. The Hall–Kier alpha value is -1.22. The first-order chi connectivity index (χ1) is 8.72. The van der Waals surface area contributed by atoms with Gasteiger partial charge >= 0.3 is 0 Å². The second kappa shape index (κ2) is 6.10. The first-order valence-electron chi connectivity index (χ1n) is 6.89. The Balaban J connectivity index is 1.93. The van der Waals surface area contributed by atoms with E-state index in [0.29, 0.717) is 24.9 Å². The summed E-state index contributed by atoms with van der Waals surface area (Å²) in [5.41, 5.74) is 0.909. The number of ether oxygens (including phenoxy) is 1. The second-order valence-corrected chi connectivity index (χ2v) is 5.06. The summed E-state index contributed by atoms with van der Waals surface area (Å²) in [6, 6.07) is 6.19. The topological polar surface area (TPSA) is 41.5 Å². The van der Waals surface area contributed by atoms with E-state index in [-0.39, 0.29) is 5.75 Å². The molecule has 1 aromatic carbocycles. The van der Waals surface area contributed by atoms with E-state index in [2.05, 4.69) is 12.2 Å². The summed E-state index contributed by atoms with van der Waals surface area (Å²) in [7, 11) is 0. The first kappa shape index (κ1) is 13.2. The average Bonchev–Trinajstić information content (AvgIpc) is 2.28. The molecule has 1 unspecified atom stereocenters. The zero-order valence-corrected chi connectivity index (χ0v) is 11.3. The van der Waals surface area contributed by atoms with Crippen LogP contribution < -0.4 is 10.1 Å². The van der Waals surface area contributed by atoms with Gasteiger partial charge in [0.1, 0.15) is 0 Å². The molecule has 0 heterocycles. The van der Waals surface area contributed by atoms with Crippen LogP contribution >= 0.6 is 0 Å². The van der Waals surface area contributed by atoms with Gasteiger partial charge in [0.2, 0.25) is 0 Å². The van der Waals surface area contributed by atoms with Crippen LogP contribution in [0.5, 0.6) is 11.5 Å². The smallest absolute Gasteiger partial charge is 0.162 e. The molecule has 0 spiro atoms. The normalized spacial score (nSPS) is 17.2. The number of phenols is 1. The molecule has 3 heteroatoms. The summed E-state index contributed by atoms with van der Waals surface area (Å²) in [4.78, 5) is 0. The third kappa shape index (κ3) is 2.96. The summed E-state index contributed by atoms with van der Waals surface area (Å²) in [6.45, 7) is 5.42. The molecule has 0 bridgehead atoms. The van der Waals surface area contributed by atoms with E-state index in [0.717, 1.165) is 11.5 Å². The molecule has 2 N–H and O–H groups in total. The number of hydrogen-bond acceptors (Lipinski definition) is 3. The van der Waals surface area contributed by atoms with Crippen molar-refractivity contribution in [3.05, 3.63) is 23.8 Å². The van der Waals surface area contributed by atoms with Crippen molar-refractivity contribution >= 4 is 0 Å². The highest BCUT2D eigenvalue weighted by Crippen LogP contribution is 2.31. The van der Waals surface area contributed by atoms with Crippen LogP contribution in [-0.4, -0.2) is 17.8 Å². The lowest BCUT2D eigenvalue weighted by atomic mass is 9.80. The molecule has 0 saturated heterocycles. The van der Waals surface area contributed by atoms with Gasteiger partial charge in [0, 0.05) is 18.2 Å². The predicted molar refractivity (Wildman–Crippen MR) is 72.9 cm³/mol. The van der Waals surface area contributed by atoms with Crippen LogP contribution in [0, 0.1) is 5.92 Å². The fourth-order valence-electron chi connectivity index (χ4n) is 2.36. The van der Waals surface area contributed by atoms with Crippen molar-refractivity contribution in [3.63, 3.8) is 0 Å². The van der Waals surface area contributed by atoms with E-state index in [9.17, 15) is 5.11 Å². The lowest BCUT2D eigenvalue weighted by Gasteiger charge is -2.32. The van der Waals surface area contributed by atoms with Crippen molar-refractivity contribution in [2.75, 3.05) is 6.61 Å². The summed E-state index contributed by atoms with van der Waals surface area (Å²) in [6.07, 6.45) is 4.03. The molecule has 0 aliphatic heterocycles. The molecule has 1 aliphatic rings. The number of benzene rings is 1. The zero-order valence-electron chi connectivity index (χ0n) is 11.3. The Bertz CT molecular complexity index is 388. The maximum absolute atomic E-state index is 10.1. The monoisotopic (exact) mass is 249 g/mol. The fourth-order valence-corrected chi connectivity index (χ4v) is 2.36. The molecule has 1 aliphatic carbocycles. The average molecular weight is 249 g/mol. The predicted octanol–water partition coefficient (Wildman–Crippen LogP) is 3.07. The van der Waals surface area contributed by atoms with E-state index in [4.69, 9.17) is 4.74 Å². The standard InChI is InChI=1S/C15H23NO2/c1-3-18-14-9-5-8-13(15(14)17)10-16-11(2)12-6-4-7-12/h5,8-9,11-12,16-17H,3-4,6-7,10H2,1-2H3. The second-order valence-electron chi connectivity index (χ2n) is 5.06. The Morgan fingerprint density at radius 3 is 2.83 bits per heavy atom. The third-order valence-electron chi connectivity index (χ3n) is 3.85. The van der Waals surface area contributed by atoms with Crippen molar-refractivity contribution < 1.29 is 9.84 Å². The summed E-state index contributed by atoms with van der Waals surface area (Å²) < 4.78 is 5.39. The van der Waals surface area contributed by atoms with Crippen molar-refractivity contribution in [2.24, 2.45) is 5.92 Å². The van der Waals surface area contributed by atoms with E-state index < -0.39 is 0 Å². The van der Waals surface area contributed by atoms with Gasteiger partial charge in [0.05, 0.1) is 6.61 Å². The lowest BCUT2D eigenvalue weighted by Crippen LogP contribution is -2.36. The molecule has 0 amide bonds. The molecule has 0 aromatic heterocycles. The summed E-state index contributed by atoms with van der Waals surface area (Å²) in [5.74, 6) is 1.66. The van der Waals surface area contributed by atoms with Gasteiger partial charge in [-0.05, 0) is 38.7 Å². The van der Waals surface area contributed by atoms with Gasteiger partial charge in [0.15, 0.2) is 11.5 Å². The number of nitrogens with one attached hydrogen (secondary N) is 1.